The summed E-state index contributed by atoms with van der Waals surface area (Å²) in [4.78, 5) is 36.3. The second-order valence-corrected chi connectivity index (χ2v) is 7.60. The second kappa shape index (κ2) is 7.91. The van der Waals surface area contributed by atoms with Crippen molar-refractivity contribution in [2.75, 3.05) is 0 Å². The lowest BCUT2D eigenvalue weighted by atomic mass is 10.0. The number of aromatic nitrogens is 1. The molecule has 2 heterocycles. The smallest absolute Gasteiger partial charge is 0.335 e. The minimum absolute atomic E-state index is 0.141. The van der Waals surface area contributed by atoms with Crippen molar-refractivity contribution < 1.29 is 19.5 Å². The molecular weight excluding hydrogens is 439 g/mol. The van der Waals surface area contributed by atoms with E-state index in [-0.39, 0.29) is 32.4 Å². The van der Waals surface area contributed by atoms with Crippen molar-refractivity contribution in [3.63, 3.8) is 0 Å². The summed E-state index contributed by atoms with van der Waals surface area (Å²) in [7, 11) is 0. The molecule has 0 bridgehead atoms. The number of carbonyl (C=O) groups is 3. The summed E-state index contributed by atoms with van der Waals surface area (Å²) in [6.45, 7) is 0. The lowest BCUT2D eigenvalue weighted by molar-refractivity contribution is 0.0696. The van der Waals surface area contributed by atoms with Crippen LogP contribution in [0.3, 0.4) is 0 Å². The van der Waals surface area contributed by atoms with Crippen molar-refractivity contribution in [2.45, 2.75) is 0 Å². The van der Waals surface area contributed by atoms with Crippen LogP contribution in [0.5, 0.6) is 0 Å². The molecule has 0 saturated carbocycles. The molecule has 3 N–H and O–H groups in total. The molecule has 154 valence electrons. The zero-order valence-corrected chi connectivity index (χ0v) is 17.3. The summed E-state index contributed by atoms with van der Waals surface area (Å²) >= 11 is 12.5. The molecule has 4 rings (SSSR count). The van der Waals surface area contributed by atoms with Crippen molar-refractivity contribution in [1.82, 2.24) is 4.40 Å². The number of benzene rings is 2. The molecule has 0 unspecified atom stereocenters. The number of carboxylic acids is 1. The Kier molecular flexibility index (Phi) is 5.27. The van der Waals surface area contributed by atoms with Gasteiger partial charge in [0.2, 0.25) is 11.7 Å². The van der Waals surface area contributed by atoms with Gasteiger partial charge in [0.25, 0.3) is 0 Å². The van der Waals surface area contributed by atoms with Crippen LogP contribution in [0.15, 0.2) is 66.9 Å². The first-order valence-electron chi connectivity index (χ1n) is 9.05. The van der Waals surface area contributed by atoms with E-state index in [1.807, 2.05) is 0 Å². The Morgan fingerprint density at radius 2 is 1.48 bits per heavy atom. The van der Waals surface area contributed by atoms with Crippen LogP contribution >= 0.6 is 23.2 Å². The normalized spacial score (nSPS) is 10.9. The van der Waals surface area contributed by atoms with Crippen LogP contribution in [0.25, 0.3) is 16.6 Å². The number of nitrogens with zero attached hydrogens (tertiary/aromatic N) is 1. The van der Waals surface area contributed by atoms with Gasteiger partial charge in [-0.25, -0.2) is 4.79 Å². The van der Waals surface area contributed by atoms with E-state index < -0.39 is 17.7 Å². The number of hydrogen-bond donors (Lipinski definition) is 2. The minimum atomic E-state index is -1.04. The third-order valence-corrected chi connectivity index (χ3v) is 5.54. The van der Waals surface area contributed by atoms with Crippen molar-refractivity contribution in [3.05, 3.63) is 99.3 Å². The summed E-state index contributed by atoms with van der Waals surface area (Å²) in [5.41, 5.74) is 8.13. The van der Waals surface area contributed by atoms with Gasteiger partial charge in [-0.05, 0) is 48.0 Å². The molecule has 6 nitrogen and oxygen atoms in total. The maximum absolute atomic E-state index is 13.4. The minimum Gasteiger partial charge on any atom is -0.478 e. The number of halogens is 2. The Bertz CT molecular complexity index is 1350. The SMILES string of the molecule is NC(=O)c1ccc2c(-c3ccc(C(=O)O)cc3)cc(C(=O)c3c(Cl)cccc3Cl)n2c1. The quantitative estimate of drug-likeness (QED) is 0.418. The number of pyridine rings is 1. The number of nitrogens with two attached hydrogens (primary N) is 1. The van der Waals surface area contributed by atoms with Crippen LogP contribution in [0.4, 0.5) is 0 Å². The highest BCUT2D eigenvalue weighted by molar-refractivity contribution is 6.41. The molecule has 0 radical (unpaired) electrons. The Labute approximate surface area is 186 Å². The van der Waals surface area contributed by atoms with E-state index in [4.69, 9.17) is 34.0 Å². The number of carbonyl (C=O) groups excluding carboxylic acids is 2. The van der Waals surface area contributed by atoms with Crippen LogP contribution in [0.2, 0.25) is 10.0 Å². The van der Waals surface area contributed by atoms with Gasteiger partial charge >= 0.3 is 5.97 Å². The van der Waals surface area contributed by atoms with E-state index in [2.05, 4.69) is 0 Å². The van der Waals surface area contributed by atoms with Crippen molar-refractivity contribution in [1.29, 1.82) is 0 Å². The maximum Gasteiger partial charge on any atom is 0.335 e. The van der Waals surface area contributed by atoms with E-state index in [1.54, 1.807) is 52.9 Å². The average Bonchev–Trinajstić information content (AvgIpc) is 3.12. The first-order valence-corrected chi connectivity index (χ1v) is 9.81. The zero-order chi connectivity index (χ0) is 22.3. The van der Waals surface area contributed by atoms with Gasteiger partial charge in [-0.3, -0.25) is 9.59 Å². The van der Waals surface area contributed by atoms with E-state index >= 15 is 0 Å². The fourth-order valence-corrected chi connectivity index (χ4v) is 3.96. The molecule has 2 aromatic carbocycles. The number of hydrogen-bond acceptors (Lipinski definition) is 3. The first-order chi connectivity index (χ1) is 14.8. The molecule has 0 fully saturated rings. The molecule has 2 aromatic heterocycles. The molecule has 0 aliphatic rings. The molecule has 0 spiro atoms. The number of aromatic carboxylic acids is 1. The van der Waals surface area contributed by atoms with Gasteiger partial charge < -0.3 is 15.2 Å². The van der Waals surface area contributed by atoms with Crippen molar-refractivity contribution >= 4 is 46.4 Å². The third kappa shape index (κ3) is 3.67. The summed E-state index contributed by atoms with van der Waals surface area (Å²) < 4.78 is 1.56. The van der Waals surface area contributed by atoms with E-state index in [9.17, 15) is 14.4 Å². The van der Waals surface area contributed by atoms with Gasteiger partial charge in [-0.15, -0.1) is 0 Å². The van der Waals surface area contributed by atoms with Crippen LogP contribution in [-0.4, -0.2) is 27.2 Å². The topological polar surface area (TPSA) is 102 Å². The largest absolute Gasteiger partial charge is 0.478 e. The summed E-state index contributed by atoms with van der Waals surface area (Å²) in [5, 5.41) is 9.54. The Balaban J connectivity index is 1.96. The van der Waals surface area contributed by atoms with Crippen molar-refractivity contribution in [2.24, 2.45) is 5.73 Å². The van der Waals surface area contributed by atoms with Gasteiger partial charge in [0.1, 0.15) is 0 Å². The molecule has 4 aromatic rings. The summed E-state index contributed by atoms with van der Waals surface area (Å²) in [6, 6.07) is 15.9. The van der Waals surface area contributed by atoms with Crippen LogP contribution < -0.4 is 5.73 Å². The standard InChI is InChI=1S/C23H14Cl2N2O4/c24-16-2-1-3-17(25)20(16)21(28)19-10-15(12-4-6-13(7-5-12)23(30)31)18-9-8-14(22(26)29)11-27(18)19/h1-11H,(H2,26,29)(H,30,31). The number of primary amides is 1. The van der Waals surface area contributed by atoms with Gasteiger partial charge in [0.05, 0.1) is 37.9 Å². The second-order valence-electron chi connectivity index (χ2n) is 6.79. The fraction of sp³-hybridized carbons (Fsp3) is 0. The van der Waals surface area contributed by atoms with E-state index in [0.29, 0.717) is 16.6 Å². The molecular formula is C23H14Cl2N2O4. The van der Waals surface area contributed by atoms with E-state index in [0.717, 1.165) is 0 Å². The molecule has 0 atom stereocenters. The van der Waals surface area contributed by atoms with Crippen LogP contribution in [0.1, 0.15) is 36.8 Å². The predicted octanol–water partition coefficient (Wildman–Crippen LogP) is 4.94. The van der Waals surface area contributed by atoms with Gasteiger partial charge in [-0.1, -0.05) is 41.4 Å². The lowest BCUT2D eigenvalue weighted by Gasteiger charge is -2.07. The molecule has 31 heavy (non-hydrogen) atoms. The Morgan fingerprint density at radius 1 is 0.871 bits per heavy atom. The van der Waals surface area contributed by atoms with Crippen LogP contribution in [0, 0.1) is 0 Å². The van der Waals surface area contributed by atoms with E-state index in [1.165, 1.54) is 18.3 Å². The zero-order valence-electron chi connectivity index (χ0n) is 15.8. The summed E-state index contributed by atoms with van der Waals surface area (Å²) in [6.07, 6.45) is 1.48. The van der Waals surface area contributed by atoms with Crippen molar-refractivity contribution in [3.8, 4) is 11.1 Å². The lowest BCUT2D eigenvalue weighted by Crippen LogP contribution is -2.13. The Morgan fingerprint density at radius 3 is 2.06 bits per heavy atom. The number of carboxylic acid groups (broad SMARTS) is 1. The third-order valence-electron chi connectivity index (χ3n) is 4.91. The number of amides is 1. The number of rotatable bonds is 5. The van der Waals surface area contributed by atoms with Crippen LogP contribution in [-0.2, 0) is 0 Å². The molecule has 0 aliphatic heterocycles. The highest BCUT2D eigenvalue weighted by atomic mass is 35.5. The summed E-state index contributed by atoms with van der Waals surface area (Å²) in [5.74, 6) is -2.11. The molecule has 0 aliphatic carbocycles. The average molecular weight is 453 g/mol. The maximum atomic E-state index is 13.4. The highest BCUT2D eigenvalue weighted by Crippen LogP contribution is 2.33. The Hall–Kier alpha value is -3.61. The highest BCUT2D eigenvalue weighted by Gasteiger charge is 2.22. The molecule has 8 heteroatoms. The van der Waals surface area contributed by atoms with Gasteiger partial charge in [0.15, 0.2) is 0 Å². The first kappa shape index (κ1) is 20.7. The fourth-order valence-electron chi connectivity index (χ4n) is 3.39. The number of ketones is 1. The van der Waals surface area contributed by atoms with Gasteiger partial charge in [0, 0.05) is 11.8 Å². The predicted molar refractivity (Wildman–Crippen MR) is 118 cm³/mol. The molecule has 1 amide bonds. The molecule has 0 saturated heterocycles. The van der Waals surface area contributed by atoms with Gasteiger partial charge in [-0.2, -0.15) is 0 Å². The number of fused-ring (bicyclic) bond motifs is 1. The monoisotopic (exact) mass is 452 g/mol.